The van der Waals surface area contributed by atoms with Crippen LogP contribution < -0.4 is 0 Å². The SMILES string of the molecule is [CH2]c1c(CCCCCCCCCCCCCCC)cccc1CCCCCCCCCCCCCCC. The Morgan fingerprint density at radius 3 is 0.892 bits per heavy atom. The minimum absolute atomic E-state index is 1.23. The number of benzene rings is 1. The topological polar surface area (TPSA) is 0 Å². The van der Waals surface area contributed by atoms with Gasteiger partial charge < -0.3 is 0 Å². The molecule has 0 atom stereocenters. The summed E-state index contributed by atoms with van der Waals surface area (Å²) < 4.78 is 0. The summed E-state index contributed by atoms with van der Waals surface area (Å²) >= 11 is 0. The van der Waals surface area contributed by atoms with Gasteiger partial charge in [0.25, 0.3) is 0 Å². The summed E-state index contributed by atoms with van der Waals surface area (Å²) in [5, 5.41) is 0. The van der Waals surface area contributed by atoms with Crippen molar-refractivity contribution in [1.82, 2.24) is 0 Å². The second kappa shape index (κ2) is 26.8. The fourth-order valence-corrected chi connectivity index (χ4v) is 5.82. The van der Waals surface area contributed by atoms with Gasteiger partial charge in [-0.2, -0.15) is 0 Å². The lowest BCUT2D eigenvalue weighted by atomic mass is 9.94. The van der Waals surface area contributed by atoms with Crippen molar-refractivity contribution in [2.24, 2.45) is 0 Å². The van der Waals surface area contributed by atoms with Gasteiger partial charge in [-0.05, 0) is 49.3 Å². The predicted octanol–water partition coefficient (Wildman–Crippen LogP) is 13.1. The molecule has 1 aromatic carbocycles. The standard InChI is InChI=1S/C37H67/c1-4-6-8-10-12-14-16-18-20-22-24-26-28-31-36-33-30-34-37(35(36)3)32-29-27-25-23-21-19-17-15-13-11-9-7-5-2/h30,33-34H,3-29,31-32H2,1-2H3. The molecule has 0 saturated carbocycles. The van der Waals surface area contributed by atoms with Gasteiger partial charge in [-0.1, -0.05) is 186 Å². The molecule has 0 heteroatoms. The molecule has 0 aliphatic rings. The monoisotopic (exact) mass is 512 g/mol. The molecular formula is C37H67. The Labute approximate surface area is 235 Å². The van der Waals surface area contributed by atoms with Crippen molar-refractivity contribution in [1.29, 1.82) is 0 Å². The van der Waals surface area contributed by atoms with Crippen molar-refractivity contribution in [2.75, 3.05) is 0 Å². The average molecular weight is 512 g/mol. The Morgan fingerprint density at radius 2 is 0.622 bits per heavy atom. The second-order valence-corrected chi connectivity index (χ2v) is 12.0. The number of hydrogen-bond acceptors (Lipinski definition) is 0. The third kappa shape index (κ3) is 20.8. The molecule has 0 nitrogen and oxygen atoms in total. The highest BCUT2D eigenvalue weighted by Gasteiger charge is 2.05. The van der Waals surface area contributed by atoms with Crippen LogP contribution in [0.15, 0.2) is 18.2 Å². The molecule has 1 aromatic rings. The summed E-state index contributed by atoms with van der Waals surface area (Å²) in [5.74, 6) is 0. The van der Waals surface area contributed by atoms with Gasteiger partial charge in [0.15, 0.2) is 0 Å². The third-order valence-corrected chi connectivity index (χ3v) is 8.47. The van der Waals surface area contributed by atoms with Gasteiger partial charge >= 0.3 is 0 Å². The van der Waals surface area contributed by atoms with Crippen LogP contribution in [0.5, 0.6) is 0 Å². The van der Waals surface area contributed by atoms with Crippen LogP contribution in [0, 0.1) is 6.92 Å². The molecule has 0 aromatic heterocycles. The zero-order valence-corrected chi connectivity index (χ0v) is 25.7. The molecule has 1 rings (SSSR count). The lowest BCUT2D eigenvalue weighted by molar-refractivity contribution is 0.539. The molecule has 0 unspecified atom stereocenters. The van der Waals surface area contributed by atoms with E-state index in [2.05, 4.69) is 39.0 Å². The fraction of sp³-hybridized carbons (Fsp3) is 0.811. The van der Waals surface area contributed by atoms with Gasteiger partial charge in [0.05, 0.1) is 0 Å². The van der Waals surface area contributed by atoms with Gasteiger partial charge in [0, 0.05) is 0 Å². The highest BCUT2D eigenvalue weighted by Crippen LogP contribution is 2.20. The molecule has 0 spiro atoms. The van der Waals surface area contributed by atoms with Gasteiger partial charge in [-0.3, -0.25) is 0 Å². The predicted molar refractivity (Wildman–Crippen MR) is 170 cm³/mol. The lowest BCUT2D eigenvalue weighted by Crippen LogP contribution is -1.97. The number of aryl methyl sites for hydroxylation is 2. The van der Waals surface area contributed by atoms with E-state index < -0.39 is 0 Å². The van der Waals surface area contributed by atoms with E-state index in [-0.39, 0.29) is 0 Å². The van der Waals surface area contributed by atoms with Gasteiger partial charge in [0.1, 0.15) is 0 Å². The van der Waals surface area contributed by atoms with Crippen molar-refractivity contribution in [3.8, 4) is 0 Å². The molecule has 0 saturated heterocycles. The van der Waals surface area contributed by atoms with Crippen molar-refractivity contribution in [3.63, 3.8) is 0 Å². The molecule has 0 fully saturated rings. The third-order valence-electron chi connectivity index (χ3n) is 8.47. The Hall–Kier alpha value is -0.780. The van der Waals surface area contributed by atoms with Crippen molar-refractivity contribution in [2.45, 2.75) is 194 Å². The molecule has 0 heterocycles. The van der Waals surface area contributed by atoms with E-state index in [0.717, 1.165) is 0 Å². The maximum atomic E-state index is 4.48. The molecule has 0 bridgehead atoms. The Kier molecular flexibility index (Phi) is 24.8. The van der Waals surface area contributed by atoms with E-state index in [1.807, 2.05) is 0 Å². The van der Waals surface area contributed by atoms with E-state index in [1.165, 1.54) is 196 Å². The lowest BCUT2D eigenvalue weighted by Gasteiger charge is -2.11. The maximum absolute atomic E-state index is 4.48. The van der Waals surface area contributed by atoms with Gasteiger partial charge in [-0.15, -0.1) is 0 Å². The number of unbranched alkanes of at least 4 members (excludes halogenated alkanes) is 24. The maximum Gasteiger partial charge on any atom is -0.0233 e. The van der Waals surface area contributed by atoms with Crippen molar-refractivity contribution < 1.29 is 0 Å². The largest absolute Gasteiger partial charge is 0.0654 e. The Bertz CT molecular complexity index is 537. The van der Waals surface area contributed by atoms with Crippen LogP contribution in [0.4, 0.5) is 0 Å². The van der Waals surface area contributed by atoms with E-state index >= 15 is 0 Å². The highest BCUT2D eigenvalue weighted by atomic mass is 14.1. The Morgan fingerprint density at radius 1 is 0.378 bits per heavy atom. The summed E-state index contributed by atoms with van der Waals surface area (Å²) in [7, 11) is 0. The minimum Gasteiger partial charge on any atom is -0.0654 e. The van der Waals surface area contributed by atoms with Crippen molar-refractivity contribution in [3.05, 3.63) is 41.8 Å². The van der Waals surface area contributed by atoms with Crippen LogP contribution in [-0.2, 0) is 12.8 Å². The summed E-state index contributed by atoms with van der Waals surface area (Å²) in [6.07, 6.45) is 39.6. The molecule has 0 N–H and O–H groups in total. The van der Waals surface area contributed by atoms with Crippen molar-refractivity contribution >= 4 is 0 Å². The first kappa shape index (κ1) is 34.2. The average Bonchev–Trinajstić information content (AvgIpc) is 2.91. The first-order chi connectivity index (χ1) is 18.3. The van der Waals surface area contributed by atoms with E-state index in [1.54, 1.807) is 0 Å². The van der Waals surface area contributed by atoms with Crippen LogP contribution in [0.3, 0.4) is 0 Å². The van der Waals surface area contributed by atoms with E-state index in [9.17, 15) is 0 Å². The van der Waals surface area contributed by atoms with Gasteiger partial charge in [0.2, 0.25) is 0 Å². The first-order valence-corrected chi connectivity index (χ1v) is 17.2. The summed E-state index contributed by atoms with van der Waals surface area (Å²) in [5.41, 5.74) is 4.37. The minimum atomic E-state index is 1.23. The quantitative estimate of drug-likeness (QED) is 0.0981. The zero-order valence-electron chi connectivity index (χ0n) is 25.7. The molecule has 0 aliphatic carbocycles. The first-order valence-electron chi connectivity index (χ1n) is 17.2. The van der Waals surface area contributed by atoms with Gasteiger partial charge in [-0.25, -0.2) is 0 Å². The molecule has 37 heavy (non-hydrogen) atoms. The molecule has 0 aliphatic heterocycles. The highest BCUT2D eigenvalue weighted by molar-refractivity contribution is 5.37. The summed E-state index contributed by atoms with van der Waals surface area (Å²) in [6.45, 7) is 9.09. The van der Waals surface area contributed by atoms with Crippen LogP contribution in [0.2, 0.25) is 0 Å². The Balaban J connectivity index is 1.98. The molecular weight excluding hydrogens is 444 g/mol. The molecule has 1 radical (unpaired) electrons. The number of hydrogen-bond donors (Lipinski definition) is 0. The van der Waals surface area contributed by atoms with E-state index in [4.69, 9.17) is 0 Å². The number of rotatable bonds is 28. The van der Waals surface area contributed by atoms with Crippen LogP contribution in [0.1, 0.15) is 197 Å². The molecule has 0 amide bonds. The van der Waals surface area contributed by atoms with Crippen LogP contribution in [0.25, 0.3) is 0 Å². The van der Waals surface area contributed by atoms with E-state index in [0.29, 0.717) is 0 Å². The zero-order chi connectivity index (χ0) is 26.7. The van der Waals surface area contributed by atoms with Crippen LogP contribution in [-0.4, -0.2) is 0 Å². The molecule has 215 valence electrons. The smallest absolute Gasteiger partial charge is 0.0233 e. The van der Waals surface area contributed by atoms with Crippen LogP contribution >= 0.6 is 0 Å². The normalized spacial score (nSPS) is 11.4. The summed E-state index contributed by atoms with van der Waals surface area (Å²) in [4.78, 5) is 0. The fourth-order valence-electron chi connectivity index (χ4n) is 5.82. The summed E-state index contributed by atoms with van der Waals surface area (Å²) in [6, 6.07) is 6.94. The second-order valence-electron chi connectivity index (χ2n) is 12.0.